The van der Waals surface area contributed by atoms with E-state index in [9.17, 15) is 28.7 Å². The Morgan fingerprint density at radius 3 is 2.66 bits per heavy atom. The van der Waals surface area contributed by atoms with Crippen LogP contribution in [-0.4, -0.2) is 46.8 Å². The lowest BCUT2D eigenvalue weighted by Gasteiger charge is -2.17. The first kappa shape index (κ1) is 18.9. The van der Waals surface area contributed by atoms with Crippen LogP contribution in [0.2, 0.25) is 0 Å². The largest absolute Gasteiger partial charge is 0.477 e. The van der Waals surface area contributed by atoms with Crippen LogP contribution >= 0.6 is 0 Å². The first-order chi connectivity index (χ1) is 13.8. The normalized spacial score (nSPS) is 18.8. The average molecular weight is 403 g/mol. The summed E-state index contributed by atoms with van der Waals surface area (Å²) in [7, 11) is 0. The first-order valence-corrected chi connectivity index (χ1v) is 9.10. The fourth-order valence-corrected chi connectivity index (χ4v) is 3.45. The molecule has 152 valence electrons. The zero-order chi connectivity index (χ0) is 20.9. The summed E-state index contributed by atoms with van der Waals surface area (Å²) in [5, 5.41) is 11.8. The Kier molecular flexibility index (Phi) is 4.48. The number of halogens is 1. The van der Waals surface area contributed by atoms with Gasteiger partial charge in [-0.15, -0.1) is 0 Å². The Morgan fingerprint density at radius 1 is 1.31 bits per heavy atom. The van der Waals surface area contributed by atoms with E-state index < -0.39 is 35.0 Å². The van der Waals surface area contributed by atoms with Gasteiger partial charge in [-0.05, 0) is 25.0 Å². The fourth-order valence-electron chi connectivity index (χ4n) is 3.45. The smallest absolute Gasteiger partial charge is 0.414 e. The Balaban J connectivity index is 1.78. The van der Waals surface area contributed by atoms with Crippen LogP contribution in [0.3, 0.4) is 0 Å². The minimum Gasteiger partial charge on any atom is -0.477 e. The second-order valence-corrected chi connectivity index (χ2v) is 7.19. The van der Waals surface area contributed by atoms with E-state index in [1.54, 1.807) is 4.57 Å². The number of nitrogens with zero attached hydrogens (tertiary/aromatic N) is 2. The number of fused-ring (bicyclic) bond motifs is 1. The van der Waals surface area contributed by atoms with Crippen LogP contribution in [0.15, 0.2) is 23.1 Å². The maximum atomic E-state index is 14.8. The minimum atomic E-state index is -1.38. The van der Waals surface area contributed by atoms with Crippen molar-refractivity contribution in [2.75, 3.05) is 18.0 Å². The summed E-state index contributed by atoms with van der Waals surface area (Å²) < 4.78 is 21.7. The summed E-state index contributed by atoms with van der Waals surface area (Å²) in [4.78, 5) is 48.3. The van der Waals surface area contributed by atoms with Gasteiger partial charge in [-0.2, -0.15) is 0 Å². The molecule has 2 N–H and O–H groups in total. The van der Waals surface area contributed by atoms with E-state index in [1.807, 2.05) is 0 Å². The number of hydrogen-bond donors (Lipinski definition) is 2. The van der Waals surface area contributed by atoms with E-state index in [4.69, 9.17) is 4.74 Å². The van der Waals surface area contributed by atoms with Crippen LogP contribution in [0.4, 0.5) is 14.9 Å². The molecule has 4 rings (SSSR count). The monoisotopic (exact) mass is 403 g/mol. The summed E-state index contributed by atoms with van der Waals surface area (Å²) in [6.45, 7) is 1.46. The highest BCUT2D eigenvalue weighted by molar-refractivity contribution is 5.96. The maximum Gasteiger partial charge on any atom is 0.414 e. The molecule has 1 aliphatic heterocycles. The highest BCUT2D eigenvalue weighted by Crippen LogP contribution is 2.38. The maximum absolute atomic E-state index is 14.8. The third-order valence-electron chi connectivity index (χ3n) is 5.01. The van der Waals surface area contributed by atoms with E-state index >= 15 is 0 Å². The minimum absolute atomic E-state index is 0.0209. The Bertz CT molecular complexity index is 1110. The number of anilines is 1. The highest BCUT2D eigenvalue weighted by atomic mass is 19.1. The molecule has 0 spiro atoms. The van der Waals surface area contributed by atoms with Crippen molar-refractivity contribution in [3.63, 3.8) is 0 Å². The number of carbonyl (C=O) groups excluding carboxylic acids is 2. The van der Waals surface area contributed by atoms with E-state index in [2.05, 4.69) is 5.32 Å². The third kappa shape index (κ3) is 3.41. The molecule has 2 amide bonds. The molecule has 1 saturated carbocycles. The number of hydrogen-bond acceptors (Lipinski definition) is 5. The van der Waals surface area contributed by atoms with E-state index in [0.717, 1.165) is 23.8 Å². The average Bonchev–Trinajstić information content (AvgIpc) is 3.43. The number of carbonyl (C=O) groups is 3. The molecule has 1 saturated heterocycles. The van der Waals surface area contributed by atoms with Crippen molar-refractivity contribution in [3.05, 3.63) is 39.9 Å². The molecule has 2 heterocycles. The van der Waals surface area contributed by atoms with Crippen LogP contribution < -0.4 is 15.6 Å². The highest BCUT2D eigenvalue weighted by Gasteiger charge is 2.35. The predicted molar refractivity (Wildman–Crippen MR) is 99.7 cm³/mol. The van der Waals surface area contributed by atoms with Crippen molar-refractivity contribution >= 4 is 34.6 Å². The summed E-state index contributed by atoms with van der Waals surface area (Å²) in [5.41, 5.74) is -0.906. The molecular weight excluding hydrogens is 385 g/mol. The van der Waals surface area contributed by atoms with Gasteiger partial charge in [0, 0.05) is 24.5 Å². The van der Waals surface area contributed by atoms with Gasteiger partial charge in [-0.1, -0.05) is 0 Å². The van der Waals surface area contributed by atoms with Crippen molar-refractivity contribution in [1.29, 1.82) is 0 Å². The number of amides is 2. The summed E-state index contributed by atoms with van der Waals surface area (Å²) in [6, 6.07) is 2.36. The Morgan fingerprint density at radius 2 is 2.03 bits per heavy atom. The van der Waals surface area contributed by atoms with Gasteiger partial charge in [-0.25, -0.2) is 14.0 Å². The molecule has 10 heteroatoms. The molecule has 2 aliphatic rings. The topological polar surface area (TPSA) is 118 Å². The number of pyridine rings is 1. The molecule has 1 atom stereocenters. The van der Waals surface area contributed by atoms with Crippen LogP contribution in [0, 0.1) is 5.82 Å². The number of carboxylic acid groups (broad SMARTS) is 1. The second-order valence-electron chi connectivity index (χ2n) is 7.19. The number of carboxylic acids is 1. The van der Waals surface area contributed by atoms with Crippen molar-refractivity contribution in [1.82, 2.24) is 9.88 Å². The molecular formula is C19H18FN3O6. The van der Waals surface area contributed by atoms with E-state index in [0.29, 0.717) is 5.52 Å². The molecule has 1 aromatic heterocycles. The van der Waals surface area contributed by atoms with Crippen molar-refractivity contribution in [2.45, 2.75) is 31.9 Å². The van der Waals surface area contributed by atoms with Gasteiger partial charge in [0.25, 0.3) is 0 Å². The Hall–Kier alpha value is -3.43. The molecule has 29 heavy (non-hydrogen) atoms. The number of cyclic esters (lactones) is 1. The number of aromatic nitrogens is 1. The van der Waals surface area contributed by atoms with Crippen molar-refractivity contribution in [2.24, 2.45) is 0 Å². The van der Waals surface area contributed by atoms with Crippen LogP contribution in [0.25, 0.3) is 10.9 Å². The SMILES string of the molecule is CC(=O)NCC1CN(c2cc3c(cc2F)c(=O)c(C(=O)O)cn3C2CC2)C(=O)O1. The van der Waals surface area contributed by atoms with E-state index in [1.165, 1.54) is 19.2 Å². The number of rotatable bonds is 5. The van der Waals surface area contributed by atoms with Gasteiger partial charge in [-0.3, -0.25) is 14.5 Å². The second kappa shape index (κ2) is 6.87. The van der Waals surface area contributed by atoms with Crippen LogP contribution in [0.5, 0.6) is 0 Å². The first-order valence-electron chi connectivity index (χ1n) is 9.10. The lowest BCUT2D eigenvalue weighted by molar-refractivity contribution is -0.119. The summed E-state index contributed by atoms with van der Waals surface area (Å²) in [6.07, 6.45) is 1.50. The molecule has 9 nitrogen and oxygen atoms in total. The predicted octanol–water partition coefficient (Wildman–Crippen LogP) is 1.64. The lowest BCUT2D eigenvalue weighted by Crippen LogP contribution is -2.33. The zero-order valence-corrected chi connectivity index (χ0v) is 15.5. The number of benzene rings is 1. The third-order valence-corrected chi connectivity index (χ3v) is 5.01. The van der Waals surface area contributed by atoms with Crippen molar-refractivity contribution < 1.29 is 28.6 Å². The molecule has 2 fully saturated rings. The summed E-state index contributed by atoms with van der Waals surface area (Å²) >= 11 is 0. The zero-order valence-electron chi connectivity index (χ0n) is 15.5. The van der Waals surface area contributed by atoms with Gasteiger partial charge in [0.2, 0.25) is 11.3 Å². The van der Waals surface area contributed by atoms with Gasteiger partial charge in [0.15, 0.2) is 0 Å². The number of ether oxygens (including phenoxy) is 1. The molecule has 2 aromatic rings. The van der Waals surface area contributed by atoms with E-state index in [-0.39, 0.29) is 36.1 Å². The van der Waals surface area contributed by atoms with Crippen LogP contribution in [0.1, 0.15) is 36.2 Å². The molecule has 1 unspecified atom stereocenters. The quantitative estimate of drug-likeness (QED) is 0.784. The van der Waals surface area contributed by atoms with Gasteiger partial charge < -0.3 is 19.7 Å². The molecule has 1 aliphatic carbocycles. The Labute approximate surface area is 163 Å². The van der Waals surface area contributed by atoms with Crippen molar-refractivity contribution in [3.8, 4) is 0 Å². The molecule has 0 bridgehead atoms. The van der Waals surface area contributed by atoms with Gasteiger partial charge >= 0.3 is 12.1 Å². The number of nitrogens with one attached hydrogen (secondary N) is 1. The van der Waals surface area contributed by atoms with Gasteiger partial charge in [0.05, 0.1) is 24.3 Å². The standard InChI is InChI=1S/C19H18FN3O6/c1-9(24)21-6-11-7-23(19(28)29-11)16-5-15-12(4-14(16)20)17(25)13(18(26)27)8-22(15)10-2-3-10/h4-5,8,10-11H,2-3,6-7H2,1H3,(H,21,24)(H,26,27). The molecule has 0 radical (unpaired) electrons. The van der Waals surface area contributed by atoms with Gasteiger partial charge in [0.1, 0.15) is 17.5 Å². The molecule has 1 aromatic carbocycles. The summed E-state index contributed by atoms with van der Waals surface area (Å²) in [5.74, 6) is -2.49. The number of aromatic carboxylic acids is 1. The lowest BCUT2D eigenvalue weighted by atomic mass is 10.1. The fraction of sp³-hybridized carbons (Fsp3) is 0.368. The van der Waals surface area contributed by atoms with Crippen LogP contribution in [-0.2, 0) is 9.53 Å².